The molecule has 0 amide bonds. The van der Waals surface area contributed by atoms with E-state index in [1.807, 2.05) is 0 Å². The van der Waals surface area contributed by atoms with Crippen LogP contribution >= 0.6 is 0 Å². The maximum atomic E-state index is 10.9. The van der Waals surface area contributed by atoms with E-state index in [-0.39, 0.29) is 12.5 Å². The quantitative estimate of drug-likeness (QED) is 0.696. The van der Waals surface area contributed by atoms with E-state index < -0.39 is 0 Å². The SMILES string of the molecule is COC(=O)CNc1ccc2nncn2n1. The molecule has 0 aromatic carbocycles. The molecule has 0 unspecified atom stereocenters. The highest BCUT2D eigenvalue weighted by Gasteiger charge is 2.02. The standard InChI is InChI=1S/C8H9N5O2/c1-15-8(14)4-9-6-2-3-7-11-10-5-13(7)12-6/h2-3,5H,4H2,1H3,(H,9,12). The zero-order valence-electron chi connectivity index (χ0n) is 8.04. The van der Waals surface area contributed by atoms with Crippen molar-refractivity contribution < 1.29 is 9.53 Å². The predicted octanol–water partition coefficient (Wildman–Crippen LogP) is -0.291. The monoisotopic (exact) mass is 207 g/mol. The van der Waals surface area contributed by atoms with Crippen molar-refractivity contribution in [1.29, 1.82) is 0 Å². The highest BCUT2D eigenvalue weighted by atomic mass is 16.5. The van der Waals surface area contributed by atoms with E-state index in [1.54, 1.807) is 12.1 Å². The summed E-state index contributed by atoms with van der Waals surface area (Å²) in [5.74, 6) is 0.216. The fourth-order valence-corrected chi connectivity index (χ4v) is 1.06. The largest absolute Gasteiger partial charge is 0.468 e. The van der Waals surface area contributed by atoms with Crippen molar-refractivity contribution in [2.45, 2.75) is 0 Å². The van der Waals surface area contributed by atoms with Crippen molar-refractivity contribution >= 4 is 17.4 Å². The van der Waals surface area contributed by atoms with Crippen LogP contribution in [0.1, 0.15) is 0 Å². The van der Waals surface area contributed by atoms with Crippen LogP contribution in [0.5, 0.6) is 0 Å². The lowest BCUT2D eigenvalue weighted by atomic mass is 10.5. The minimum atomic E-state index is -0.347. The molecule has 78 valence electrons. The lowest BCUT2D eigenvalue weighted by Crippen LogP contribution is -2.16. The first-order chi connectivity index (χ1) is 7.29. The molecule has 0 atom stereocenters. The van der Waals surface area contributed by atoms with Gasteiger partial charge in [0.05, 0.1) is 7.11 Å². The average Bonchev–Trinajstić information content (AvgIpc) is 2.72. The van der Waals surface area contributed by atoms with Crippen molar-refractivity contribution in [2.75, 3.05) is 19.0 Å². The van der Waals surface area contributed by atoms with Gasteiger partial charge in [-0.05, 0) is 12.1 Å². The Morgan fingerprint density at radius 3 is 3.27 bits per heavy atom. The van der Waals surface area contributed by atoms with Crippen LogP contribution in [-0.2, 0) is 9.53 Å². The Kier molecular flexibility index (Phi) is 2.44. The molecule has 0 saturated heterocycles. The molecule has 15 heavy (non-hydrogen) atoms. The summed E-state index contributed by atoms with van der Waals surface area (Å²) < 4.78 is 6.00. The van der Waals surface area contributed by atoms with Gasteiger partial charge in [-0.1, -0.05) is 0 Å². The molecule has 2 aromatic heterocycles. The maximum Gasteiger partial charge on any atom is 0.325 e. The highest BCUT2D eigenvalue weighted by molar-refractivity contribution is 5.74. The molecule has 0 spiro atoms. The Morgan fingerprint density at radius 1 is 1.60 bits per heavy atom. The van der Waals surface area contributed by atoms with E-state index >= 15 is 0 Å². The number of hydrogen-bond donors (Lipinski definition) is 1. The first kappa shape index (κ1) is 9.38. The van der Waals surface area contributed by atoms with Crippen LogP contribution in [0.2, 0.25) is 0 Å². The molecule has 2 heterocycles. The second kappa shape index (κ2) is 3.91. The Bertz CT molecular complexity index is 481. The molecule has 0 bridgehead atoms. The number of methoxy groups -OCH3 is 1. The molecule has 0 aliphatic heterocycles. The third-order valence-corrected chi connectivity index (χ3v) is 1.80. The highest BCUT2D eigenvalue weighted by Crippen LogP contribution is 2.03. The van der Waals surface area contributed by atoms with Crippen LogP contribution in [0.4, 0.5) is 5.82 Å². The van der Waals surface area contributed by atoms with Crippen LogP contribution in [0.25, 0.3) is 5.65 Å². The summed E-state index contributed by atoms with van der Waals surface area (Å²) in [6.07, 6.45) is 1.48. The minimum Gasteiger partial charge on any atom is -0.468 e. The number of carbonyl (C=O) groups excluding carboxylic acids is 1. The lowest BCUT2D eigenvalue weighted by Gasteiger charge is -2.03. The van der Waals surface area contributed by atoms with Crippen molar-refractivity contribution in [2.24, 2.45) is 0 Å². The van der Waals surface area contributed by atoms with Gasteiger partial charge in [0.1, 0.15) is 18.7 Å². The molecule has 2 aromatic rings. The molecule has 2 rings (SSSR count). The number of nitrogens with zero attached hydrogens (tertiary/aromatic N) is 4. The molecule has 0 saturated carbocycles. The van der Waals surface area contributed by atoms with Gasteiger partial charge in [0, 0.05) is 0 Å². The van der Waals surface area contributed by atoms with E-state index in [0.29, 0.717) is 11.5 Å². The van der Waals surface area contributed by atoms with Crippen LogP contribution < -0.4 is 5.32 Å². The van der Waals surface area contributed by atoms with Gasteiger partial charge in [-0.25, -0.2) is 0 Å². The first-order valence-corrected chi connectivity index (χ1v) is 4.27. The van der Waals surface area contributed by atoms with Gasteiger partial charge < -0.3 is 10.1 Å². The second-order valence-electron chi connectivity index (χ2n) is 2.78. The number of anilines is 1. The van der Waals surface area contributed by atoms with Crippen molar-refractivity contribution in [3.63, 3.8) is 0 Å². The molecule has 0 fully saturated rings. The predicted molar refractivity (Wildman–Crippen MR) is 51.3 cm³/mol. The molecule has 7 heteroatoms. The Hall–Kier alpha value is -2.18. The van der Waals surface area contributed by atoms with Crippen LogP contribution in [0.3, 0.4) is 0 Å². The maximum absolute atomic E-state index is 10.9. The number of hydrogen-bond acceptors (Lipinski definition) is 6. The average molecular weight is 207 g/mol. The normalized spacial score (nSPS) is 10.2. The summed E-state index contributed by atoms with van der Waals surface area (Å²) in [4.78, 5) is 10.9. The lowest BCUT2D eigenvalue weighted by molar-refractivity contribution is -0.138. The van der Waals surface area contributed by atoms with E-state index in [4.69, 9.17) is 0 Å². The van der Waals surface area contributed by atoms with Crippen molar-refractivity contribution in [1.82, 2.24) is 19.8 Å². The molecule has 7 nitrogen and oxygen atoms in total. The van der Waals surface area contributed by atoms with E-state index in [0.717, 1.165) is 0 Å². The summed E-state index contributed by atoms with van der Waals surface area (Å²) in [5.41, 5.74) is 0.651. The molecule has 0 aliphatic rings. The topological polar surface area (TPSA) is 81.4 Å². The molecular weight excluding hydrogens is 198 g/mol. The van der Waals surface area contributed by atoms with Crippen LogP contribution in [0.15, 0.2) is 18.5 Å². The Balaban J connectivity index is 2.11. The Morgan fingerprint density at radius 2 is 2.47 bits per heavy atom. The fourth-order valence-electron chi connectivity index (χ4n) is 1.06. The summed E-state index contributed by atoms with van der Waals surface area (Å²) in [6.45, 7) is 0.0805. The van der Waals surface area contributed by atoms with Gasteiger partial charge in [0.15, 0.2) is 5.65 Å². The molecule has 1 N–H and O–H groups in total. The number of nitrogens with one attached hydrogen (secondary N) is 1. The number of ether oxygens (including phenoxy) is 1. The number of rotatable bonds is 3. The van der Waals surface area contributed by atoms with Crippen LogP contribution in [0, 0.1) is 0 Å². The fraction of sp³-hybridized carbons (Fsp3) is 0.250. The third kappa shape index (κ3) is 2.01. The second-order valence-corrected chi connectivity index (χ2v) is 2.78. The number of carbonyl (C=O) groups is 1. The van der Waals surface area contributed by atoms with Crippen LogP contribution in [-0.4, -0.2) is 39.4 Å². The van der Waals surface area contributed by atoms with Crippen molar-refractivity contribution in [3.05, 3.63) is 18.5 Å². The van der Waals surface area contributed by atoms with E-state index in [2.05, 4.69) is 25.3 Å². The first-order valence-electron chi connectivity index (χ1n) is 4.27. The minimum absolute atomic E-state index is 0.0805. The number of fused-ring (bicyclic) bond motifs is 1. The van der Waals surface area contributed by atoms with Gasteiger partial charge in [-0.3, -0.25) is 4.79 Å². The third-order valence-electron chi connectivity index (χ3n) is 1.80. The van der Waals surface area contributed by atoms with Gasteiger partial charge in [0.2, 0.25) is 0 Å². The summed E-state index contributed by atoms with van der Waals surface area (Å²) in [7, 11) is 1.33. The number of esters is 1. The molecule has 0 radical (unpaired) electrons. The van der Waals surface area contributed by atoms with Gasteiger partial charge in [-0.2, -0.15) is 4.52 Å². The van der Waals surface area contributed by atoms with Gasteiger partial charge >= 0.3 is 5.97 Å². The Labute approximate surface area is 85.1 Å². The smallest absolute Gasteiger partial charge is 0.325 e. The van der Waals surface area contributed by atoms with Crippen molar-refractivity contribution in [3.8, 4) is 0 Å². The van der Waals surface area contributed by atoms with E-state index in [1.165, 1.54) is 18.0 Å². The summed E-state index contributed by atoms with van der Waals surface area (Å²) >= 11 is 0. The number of aromatic nitrogens is 4. The summed E-state index contributed by atoms with van der Waals surface area (Å²) in [6, 6.07) is 3.46. The zero-order valence-corrected chi connectivity index (χ0v) is 8.04. The summed E-state index contributed by atoms with van der Waals surface area (Å²) in [5, 5.41) is 14.4. The molecule has 0 aliphatic carbocycles. The van der Waals surface area contributed by atoms with Gasteiger partial charge in [0.25, 0.3) is 0 Å². The zero-order chi connectivity index (χ0) is 10.7. The van der Waals surface area contributed by atoms with E-state index in [9.17, 15) is 4.79 Å². The molecular formula is C8H9N5O2. The van der Waals surface area contributed by atoms with Gasteiger partial charge in [-0.15, -0.1) is 15.3 Å².